The molecule has 0 spiro atoms. The minimum absolute atomic E-state index is 0.352. The Kier molecular flexibility index (Phi) is 4.50. The molecule has 1 aliphatic heterocycles. The fourth-order valence-electron chi connectivity index (χ4n) is 3.01. The first-order valence-electron chi connectivity index (χ1n) is 8.74. The molecule has 7 heteroatoms. The highest BCUT2D eigenvalue weighted by molar-refractivity contribution is 6.01. The average molecular weight is 382 g/mol. The largest absolute Gasteiger partial charge is 0.416 e. The van der Waals surface area contributed by atoms with Crippen molar-refractivity contribution in [1.82, 2.24) is 9.78 Å². The van der Waals surface area contributed by atoms with Gasteiger partial charge in [-0.25, -0.2) is 9.69 Å². The second-order valence-corrected chi connectivity index (χ2v) is 6.49. The highest BCUT2D eigenvalue weighted by Gasteiger charge is 2.31. The lowest BCUT2D eigenvalue weighted by molar-refractivity contribution is -0.137. The lowest BCUT2D eigenvalue weighted by atomic mass is 10.1. The number of hydrazone groups is 1. The average Bonchev–Trinajstić information content (AvgIpc) is 3.18. The van der Waals surface area contributed by atoms with Crippen molar-refractivity contribution in [3.8, 4) is 5.69 Å². The maximum absolute atomic E-state index is 13.0. The number of anilines is 1. The number of benzene rings is 2. The third kappa shape index (κ3) is 3.55. The fourth-order valence-corrected chi connectivity index (χ4v) is 3.01. The molecule has 3 aromatic rings. The number of hydrogen-bond donors (Lipinski definition) is 0. The van der Waals surface area contributed by atoms with Gasteiger partial charge in [-0.1, -0.05) is 29.8 Å². The van der Waals surface area contributed by atoms with E-state index < -0.39 is 11.7 Å². The van der Waals surface area contributed by atoms with E-state index in [0.717, 1.165) is 34.8 Å². The first-order chi connectivity index (χ1) is 13.4. The van der Waals surface area contributed by atoms with E-state index in [9.17, 15) is 13.2 Å². The number of allylic oxidation sites excluding steroid dienone is 1. The van der Waals surface area contributed by atoms with Crippen LogP contribution in [-0.4, -0.2) is 15.5 Å². The summed E-state index contributed by atoms with van der Waals surface area (Å²) >= 11 is 0. The normalized spacial score (nSPS) is 14.3. The van der Waals surface area contributed by atoms with Gasteiger partial charge in [-0.2, -0.15) is 23.4 Å². The molecule has 1 aromatic heterocycles. The van der Waals surface area contributed by atoms with E-state index in [1.165, 1.54) is 11.1 Å². The number of halogens is 3. The smallest absolute Gasteiger partial charge is 0.241 e. The van der Waals surface area contributed by atoms with Gasteiger partial charge >= 0.3 is 6.18 Å². The van der Waals surface area contributed by atoms with Gasteiger partial charge in [0.15, 0.2) is 0 Å². The molecule has 4 rings (SSSR count). The Bertz CT molecular complexity index is 1050. The fraction of sp³-hybridized carbons (Fsp3) is 0.143. The summed E-state index contributed by atoms with van der Waals surface area (Å²) in [5.74, 6) is 0. The van der Waals surface area contributed by atoms with Crippen molar-refractivity contribution in [3.63, 3.8) is 0 Å². The third-order valence-corrected chi connectivity index (χ3v) is 4.44. The Hall–Kier alpha value is -3.35. The monoisotopic (exact) mass is 382 g/mol. The van der Waals surface area contributed by atoms with E-state index in [1.54, 1.807) is 23.1 Å². The minimum atomic E-state index is -4.40. The van der Waals surface area contributed by atoms with Crippen LogP contribution in [-0.2, 0) is 6.18 Å². The van der Waals surface area contributed by atoms with Gasteiger partial charge in [0.1, 0.15) is 0 Å². The van der Waals surface area contributed by atoms with Gasteiger partial charge in [-0.3, -0.25) is 0 Å². The molecule has 1 aliphatic rings. The highest BCUT2D eigenvalue weighted by Crippen LogP contribution is 2.32. The lowest BCUT2D eigenvalue weighted by Crippen LogP contribution is -2.19. The number of rotatable bonds is 3. The third-order valence-electron chi connectivity index (χ3n) is 4.44. The Morgan fingerprint density at radius 3 is 2.50 bits per heavy atom. The quantitative estimate of drug-likeness (QED) is 0.614. The Labute approximate surface area is 160 Å². The van der Waals surface area contributed by atoms with Gasteiger partial charge in [-0.15, -0.1) is 0 Å². The number of aromatic nitrogens is 2. The van der Waals surface area contributed by atoms with Crippen LogP contribution in [0.2, 0.25) is 0 Å². The summed E-state index contributed by atoms with van der Waals surface area (Å²) in [7, 11) is 0. The molecule has 0 saturated heterocycles. The molecular formula is C21H17F3N4. The van der Waals surface area contributed by atoms with E-state index in [0.29, 0.717) is 12.1 Å². The molecule has 0 atom stereocenters. The molecule has 0 aliphatic carbocycles. The van der Waals surface area contributed by atoms with Crippen LogP contribution in [0, 0.1) is 6.92 Å². The van der Waals surface area contributed by atoms with Gasteiger partial charge in [0.2, 0.25) is 0 Å². The molecule has 0 fully saturated rings. The minimum Gasteiger partial charge on any atom is -0.241 e. The maximum atomic E-state index is 13.0. The summed E-state index contributed by atoms with van der Waals surface area (Å²) in [6.45, 7) is 2.01. The molecule has 4 nitrogen and oxygen atoms in total. The summed E-state index contributed by atoms with van der Waals surface area (Å²) in [6.07, 6.45) is 1.39. The lowest BCUT2D eigenvalue weighted by Gasteiger charge is -2.21. The molecule has 0 unspecified atom stereocenters. The van der Waals surface area contributed by atoms with Crippen LogP contribution >= 0.6 is 0 Å². The van der Waals surface area contributed by atoms with E-state index in [2.05, 4.69) is 10.2 Å². The molecule has 0 N–H and O–H groups in total. The number of hydrogen-bond acceptors (Lipinski definition) is 3. The second-order valence-electron chi connectivity index (χ2n) is 6.49. The first kappa shape index (κ1) is 18.0. The highest BCUT2D eigenvalue weighted by atomic mass is 19.4. The molecule has 0 amide bonds. The zero-order valence-corrected chi connectivity index (χ0v) is 15.1. The molecule has 0 radical (unpaired) electrons. The number of nitrogens with zero attached hydrogens (tertiary/aromatic N) is 4. The van der Waals surface area contributed by atoms with Crippen LogP contribution in [0.1, 0.15) is 23.2 Å². The van der Waals surface area contributed by atoms with Gasteiger partial charge in [0, 0.05) is 12.6 Å². The van der Waals surface area contributed by atoms with Crippen molar-refractivity contribution in [1.29, 1.82) is 0 Å². The summed E-state index contributed by atoms with van der Waals surface area (Å²) in [5.41, 5.74) is 3.21. The Morgan fingerprint density at radius 1 is 0.964 bits per heavy atom. The van der Waals surface area contributed by atoms with E-state index in [1.807, 2.05) is 43.3 Å². The van der Waals surface area contributed by atoms with Gasteiger partial charge in [0.05, 0.1) is 34.5 Å². The van der Waals surface area contributed by atoms with E-state index in [4.69, 9.17) is 0 Å². The molecule has 0 saturated carbocycles. The summed E-state index contributed by atoms with van der Waals surface area (Å²) in [5, 5.41) is 10.4. The zero-order chi connectivity index (χ0) is 19.7. The summed E-state index contributed by atoms with van der Waals surface area (Å²) in [6, 6.07) is 14.9. The molecule has 0 bridgehead atoms. The summed E-state index contributed by atoms with van der Waals surface area (Å²) < 4.78 is 40.8. The van der Waals surface area contributed by atoms with Crippen molar-refractivity contribution in [2.45, 2.75) is 19.5 Å². The van der Waals surface area contributed by atoms with Gasteiger partial charge in [0.25, 0.3) is 0 Å². The predicted octanol–water partition coefficient (Wildman–Crippen LogP) is 5.33. The summed E-state index contributed by atoms with van der Waals surface area (Å²) in [4.78, 5) is 0. The van der Waals surface area contributed by atoms with E-state index >= 15 is 0 Å². The van der Waals surface area contributed by atoms with Crippen molar-refractivity contribution >= 4 is 11.4 Å². The number of alkyl halides is 3. The zero-order valence-electron chi connectivity index (χ0n) is 15.1. The standard InChI is InChI=1S/C21H17F3N4/c1-15-7-9-17(10-8-15)28-20(11-12-25-28)19-6-3-13-27(26-19)18-5-2-4-16(14-18)21(22,23)24/h2-5,7-14H,6H2,1H3. The Balaban J connectivity index is 1.69. The Morgan fingerprint density at radius 2 is 1.75 bits per heavy atom. The van der Waals surface area contributed by atoms with Crippen molar-refractivity contribution < 1.29 is 13.2 Å². The second kappa shape index (κ2) is 6.99. The van der Waals surface area contributed by atoms with Crippen molar-refractivity contribution in [2.24, 2.45) is 5.10 Å². The van der Waals surface area contributed by atoms with Crippen LogP contribution < -0.4 is 5.01 Å². The van der Waals surface area contributed by atoms with Crippen LogP contribution in [0.5, 0.6) is 0 Å². The molecular weight excluding hydrogens is 365 g/mol. The molecule has 28 heavy (non-hydrogen) atoms. The van der Waals surface area contributed by atoms with Gasteiger partial charge < -0.3 is 0 Å². The molecule has 2 heterocycles. The van der Waals surface area contributed by atoms with Crippen molar-refractivity contribution in [2.75, 3.05) is 5.01 Å². The predicted molar refractivity (Wildman–Crippen MR) is 103 cm³/mol. The van der Waals surface area contributed by atoms with Crippen LogP contribution in [0.3, 0.4) is 0 Å². The molecule has 2 aromatic carbocycles. The first-order valence-corrected chi connectivity index (χ1v) is 8.74. The number of aryl methyl sites for hydroxylation is 1. The van der Waals surface area contributed by atoms with Crippen LogP contribution in [0.4, 0.5) is 18.9 Å². The van der Waals surface area contributed by atoms with Gasteiger partial charge in [-0.05, 0) is 43.3 Å². The topological polar surface area (TPSA) is 33.4 Å². The van der Waals surface area contributed by atoms with Crippen molar-refractivity contribution in [3.05, 3.63) is 89.9 Å². The molecule has 142 valence electrons. The SMILES string of the molecule is Cc1ccc(-n2nccc2C2=NN(c3cccc(C(F)(F)F)c3)C=CC2)cc1. The van der Waals surface area contributed by atoms with E-state index in [-0.39, 0.29) is 0 Å². The van der Waals surface area contributed by atoms with Crippen LogP contribution in [0.15, 0.2) is 78.2 Å². The van der Waals surface area contributed by atoms with Crippen LogP contribution in [0.25, 0.3) is 5.69 Å². The maximum Gasteiger partial charge on any atom is 0.416 e.